The Labute approximate surface area is 343 Å². The number of allylic oxidation sites excluding steroid dienone is 4. The third-order valence-corrected chi connectivity index (χ3v) is 8.63. The van der Waals surface area contributed by atoms with E-state index in [1.165, 1.54) is 11.9 Å². The summed E-state index contributed by atoms with van der Waals surface area (Å²) < 4.78 is 14.5. The normalized spacial score (nSPS) is 10.6. The highest BCUT2D eigenvalue weighted by Crippen LogP contribution is 2.20. The highest BCUT2D eigenvalue weighted by molar-refractivity contribution is 7.98. The number of nitrogens with one attached hydrogen (secondary N) is 5. The van der Waals surface area contributed by atoms with Crippen molar-refractivity contribution in [3.63, 3.8) is 0 Å². The molecule has 0 aromatic heterocycles. The van der Waals surface area contributed by atoms with Crippen LogP contribution in [0.25, 0.3) is 0 Å². The Kier molecular flexibility index (Phi) is 26.7. The smallest absolute Gasteiger partial charge is 0.234 e. The van der Waals surface area contributed by atoms with Crippen LogP contribution in [0.2, 0.25) is 0 Å². The van der Waals surface area contributed by atoms with Gasteiger partial charge in [0, 0.05) is 49.4 Å². The van der Waals surface area contributed by atoms with Gasteiger partial charge in [-0.3, -0.25) is 23.9 Å². The molecule has 4 amide bonds. The fourth-order valence-electron chi connectivity index (χ4n) is 5.05. The molecule has 57 heavy (non-hydrogen) atoms. The van der Waals surface area contributed by atoms with Crippen LogP contribution < -0.4 is 35.5 Å². The summed E-state index contributed by atoms with van der Waals surface area (Å²) in [6.45, 7) is 9.77. The minimum absolute atomic E-state index is 0.0613. The van der Waals surface area contributed by atoms with Gasteiger partial charge in [0.15, 0.2) is 0 Å². The van der Waals surface area contributed by atoms with Crippen molar-refractivity contribution in [3.05, 3.63) is 121 Å². The second-order valence-electron chi connectivity index (χ2n) is 12.5. The van der Waals surface area contributed by atoms with Crippen molar-refractivity contribution in [2.75, 3.05) is 42.6 Å². The van der Waals surface area contributed by atoms with E-state index in [0.717, 1.165) is 37.7 Å². The molecule has 0 fully saturated rings. The summed E-state index contributed by atoms with van der Waals surface area (Å²) in [5, 5.41) is 11.6. The van der Waals surface area contributed by atoms with Gasteiger partial charge in [-0.15, -0.1) is 0 Å². The van der Waals surface area contributed by atoms with Gasteiger partial charge < -0.3 is 30.7 Å². The maximum Gasteiger partial charge on any atom is 0.234 e. The first-order valence-corrected chi connectivity index (χ1v) is 20.8. The van der Waals surface area contributed by atoms with Crippen LogP contribution in [0, 0.1) is 0 Å². The summed E-state index contributed by atoms with van der Waals surface area (Å²) in [7, 11) is 0. The number of hydrogen-bond donors (Lipinski definition) is 5. The van der Waals surface area contributed by atoms with E-state index < -0.39 is 0 Å². The van der Waals surface area contributed by atoms with Crippen LogP contribution in [0.1, 0.15) is 77.2 Å². The summed E-state index contributed by atoms with van der Waals surface area (Å²) in [6.07, 6.45) is 15.6. The van der Waals surface area contributed by atoms with Crippen molar-refractivity contribution in [2.24, 2.45) is 0 Å². The number of benzene rings is 3. The van der Waals surface area contributed by atoms with Crippen LogP contribution >= 0.6 is 11.9 Å². The summed E-state index contributed by atoms with van der Waals surface area (Å²) in [5.74, 6) is 1.19. The van der Waals surface area contributed by atoms with Gasteiger partial charge >= 0.3 is 0 Å². The zero-order valence-corrected chi connectivity index (χ0v) is 34.4. The number of carbonyl (C=O) groups is 4. The van der Waals surface area contributed by atoms with Crippen LogP contribution in [-0.4, -0.2) is 55.6 Å². The van der Waals surface area contributed by atoms with E-state index >= 15 is 0 Å². The molecule has 0 saturated carbocycles. The molecule has 3 rings (SSSR count). The van der Waals surface area contributed by atoms with Gasteiger partial charge in [-0.1, -0.05) is 118 Å². The lowest BCUT2D eigenvalue weighted by atomic mass is 10.2. The van der Waals surface area contributed by atoms with Gasteiger partial charge in [-0.2, -0.15) is 0 Å². The molecule has 308 valence electrons. The molecule has 0 atom stereocenters. The maximum atomic E-state index is 12.4. The molecule has 12 heteroatoms. The second-order valence-corrected chi connectivity index (χ2v) is 13.4. The average Bonchev–Trinajstić information content (AvgIpc) is 3.22. The third-order valence-electron chi connectivity index (χ3n) is 7.88. The molecule has 0 spiro atoms. The first-order chi connectivity index (χ1) is 27.9. The van der Waals surface area contributed by atoms with Gasteiger partial charge in [0.1, 0.15) is 18.1 Å². The van der Waals surface area contributed by atoms with Crippen LogP contribution in [0.3, 0.4) is 0 Å². The molecule has 11 nitrogen and oxygen atoms in total. The van der Waals surface area contributed by atoms with E-state index in [-0.39, 0.29) is 35.9 Å². The summed E-state index contributed by atoms with van der Waals surface area (Å²) in [6, 6.07) is 24.6. The molecular formula is C45H61N5O6S. The van der Waals surface area contributed by atoms with Gasteiger partial charge in [-0.05, 0) is 61.9 Å². The van der Waals surface area contributed by atoms with Crippen molar-refractivity contribution < 1.29 is 28.7 Å². The van der Waals surface area contributed by atoms with Gasteiger partial charge in [0.05, 0.1) is 18.9 Å². The summed E-state index contributed by atoms with van der Waals surface area (Å²) in [4.78, 5) is 49.0. The fraction of sp³-hybridized carbons (Fsp3) is 0.378. The molecule has 0 aliphatic rings. The lowest BCUT2D eigenvalue weighted by molar-refractivity contribution is -0.120. The fourth-order valence-corrected chi connectivity index (χ4v) is 5.62. The molecule has 0 aliphatic carbocycles. The number of hydrogen-bond acceptors (Lipinski definition) is 8. The van der Waals surface area contributed by atoms with Gasteiger partial charge in [0.2, 0.25) is 23.6 Å². The summed E-state index contributed by atoms with van der Waals surface area (Å²) in [5.41, 5.74) is 2.46. The third kappa shape index (κ3) is 24.7. The molecule has 0 heterocycles. The highest BCUT2D eigenvalue weighted by Gasteiger charge is 2.07. The molecule has 5 N–H and O–H groups in total. The lowest BCUT2D eigenvalue weighted by Crippen LogP contribution is -2.33. The monoisotopic (exact) mass is 799 g/mol. The standard InChI is InChI=1S/C43H55N5O6S.C2H6/c1-2-3-4-5-6-16-29-53-38-23-17-21-36(30-38)47-40(49)26-13-9-15-28-45-43(52)34-55-46-32-42(51)44-27-14-8-12-25-41(50)48-37-22-18-24-39(31-37)54-33-35-19-10-7-11-20-35;1-2/h2-7,10-11,17-24,30-31,46H,1,8-9,12-16,25-29,32-34H2,(H,44,51)(H,45,52)(H,47,49)(H,48,50);1-2H3/b4-3-,6-5-;. The van der Waals surface area contributed by atoms with Crippen molar-refractivity contribution in [1.29, 1.82) is 0 Å². The Bertz CT molecular complexity index is 1670. The Morgan fingerprint density at radius 3 is 1.86 bits per heavy atom. The zero-order chi connectivity index (χ0) is 41.2. The van der Waals surface area contributed by atoms with E-state index in [1.807, 2.05) is 117 Å². The minimum Gasteiger partial charge on any atom is -0.493 e. The van der Waals surface area contributed by atoms with Crippen LogP contribution in [0.5, 0.6) is 11.5 Å². The van der Waals surface area contributed by atoms with Gasteiger partial charge in [-0.25, -0.2) is 0 Å². The number of ether oxygens (including phenoxy) is 2. The van der Waals surface area contributed by atoms with E-state index in [9.17, 15) is 19.2 Å². The number of anilines is 2. The lowest BCUT2D eigenvalue weighted by Gasteiger charge is -2.10. The maximum absolute atomic E-state index is 12.4. The topological polar surface area (TPSA) is 147 Å². The Balaban J connectivity index is 0.00000551. The van der Waals surface area contributed by atoms with Crippen molar-refractivity contribution in [2.45, 2.75) is 78.2 Å². The van der Waals surface area contributed by atoms with E-state index in [0.29, 0.717) is 74.9 Å². The first kappa shape index (κ1) is 47.8. The minimum atomic E-state index is -0.151. The molecule has 3 aromatic carbocycles. The Morgan fingerprint density at radius 2 is 1.25 bits per heavy atom. The number of carbonyl (C=O) groups excluding carboxylic acids is 4. The molecule has 0 unspecified atom stereocenters. The average molecular weight is 800 g/mol. The SMILES string of the molecule is C=C/C=C\C=C/CCOc1cccc(NC(=O)CCCCCNC(=O)CSNCC(=O)NCCCCCC(=O)Nc2cccc(OCc3ccccc3)c2)c1.CC. The molecule has 0 radical (unpaired) electrons. The molecule has 3 aromatic rings. The Hall–Kier alpha value is -5.33. The largest absolute Gasteiger partial charge is 0.493 e. The Morgan fingerprint density at radius 1 is 0.649 bits per heavy atom. The van der Waals surface area contributed by atoms with E-state index in [2.05, 4.69) is 32.6 Å². The number of rotatable bonds is 28. The highest BCUT2D eigenvalue weighted by atomic mass is 32.2. The number of amides is 4. The van der Waals surface area contributed by atoms with Crippen LogP contribution in [0.15, 0.2) is 116 Å². The predicted octanol–water partition coefficient (Wildman–Crippen LogP) is 8.53. The van der Waals surface area contributed by atoms with E-state index in [4.69, 9.17) is 9.47 Å². The van der Waals surface area contributed by atoms with E-state index in [1.54, 1.807) is 6.08 Å². The quantitative estimate of drug-likeness (QED) is 0.0279. The van der Waals surface area contributed by atoms with Crippen molar-refractivity contribution >= 4 is 47.0 Å². The molecule has 0 saturated heterocycles. The van der Waals surface area contributed by atoms with Crippen molar-refractivity contribution in [3.8, 4) is 11.5 Å². The number of unbranched alkanes of at least 4 members (excludes halogenated alkanes) is 4. The van der Waals surface area contributed by atoms with Crippen molar-refractivity contribution in [1.82, 2.24) is 15.4 Å². The zero-order valence-electron chi connectivity index (χ0n) is 33.6. The van der Waals surface area contributed by atoms with Crippen LogP contribution in [-0.2, 0) is 25.8 Å². The van der Waals surface area contributed by atoms with Gasteiger partial charge in [0.25, 0.3) is 0 Å². The molecule has 0 aliphatic heterocycles. The summed E-state index contributed by atoms with van der Waals surface area (Å²) >= 11 is 1.18. The second kappa shape index (κ2) is 31.8. The first-order valence-electron chi connectivity index (χ1n) is 19.8. The molecular weight excluding hydrogens is 739 g/mol. The molecule has 0 bridgehead atoms. The predicted molar refractivity (Wildman–Crippen MR) is 234 cm³/mol. The van der Waals surface area contributed by atoms with Crippen LogP contribution in [0.4, 0.5) is 11.4 Å².